The Morgan fingerprint density at radius 2 is 1.20 bits per heavy atom. The number of nitrogens with zero attached hydrogens (tertiary/aromatic N) is 2. The predicted octanol–water partition coefficient (Wildman–Crippen LogP) is 1.72. The molecule has 0 saturated heterocycles. The zero-order valence-corrected chi connectivity index (χ0v) is 10.8. The minimum Gasteiger partial charge on any atom is -0.381 e. The molecule has 0 saturated carbocycles. The molecule has 2 atom stereocenters. The van der Waals surface area contributed by atoms with Gasteiger partial charge in [-0.2, -0.15) is 0 Å². The van der Waals surface area contributed by atoms with Crippen LogP contribution in [0.3, 0.4) is 0 Å². The quantitative estimate of drug-likeness (QED) is 0.574. The van der Waals surface area contributed by atoms with Crippen molar-refractivity contribution >= 4 is 24.1 Å². The number of hydrogen-bond donors (Lipinski definition) is 2. The molecule has 0 aliphatic carbocycles. The molecule has 0 aromatic carbocycles. The largest absolute Gasteiger partial charge is 0.381 e. The van der Waals surface area contributed by atoms with E-state index < -0.39 is 0 Å². The van der Waals surface area contributed by atoms with Gasteiger partial charge in [-0.25, -0.2) is 0 Å². The highest BCUT2D eigenvalue weighted by Gasteiger charge is 2.03. The lowest BCUT2D eigenvalue weighted by Crippen LogP contribution is -2.33. The Morgan fingerprint density at radius 3 is 1.40 bits per heavy atom. The first-order chi connectivity index (χ1) is 6.51. The van der Waals surface area contributed by atoms with Crippen LogP contribution in [0, 0.1) is 0 Å². The van der Waals surface area contributed by atoms with E-state index >= 15 is 0 Å². The van der Waals surface area contributed by atoms with E-state index in [1.165, 1.54) is 0 Å². The monoisotopic (exact) mass is 234 g/mol. The molecule has 15 heavy (non-hydrogen) atoms. The summed E-state index contributed by atoms with van der Waals surface area (Å²) in [6.07, 6.45) is 1.91. The second-order valence-electron chi connectivity index (χ2n) is 3.54. The van der Waals surface area contributed by atoms with Crippen LogP contribution >= 0.6 is 12.4 Å². The summed E-state index contributed by atoms with van der Waals surface area (Å²) in [6, 6.07) is 0.418. The van der Waals surface area contributed by atoms with E-state index in [0.29, 0.717) is 11.7 Å². The molecule has 0 spiro atoms. The lowest BCUT2D eigenvalue weighted by Gasteiger charge is -2.07. The zero-order valence-electron chi connectivity index (χ0n) is 10.0. The Bertz CT molecular complexity index is 201. The first kappa shape index (κ1) is 16.7. The first-order valence-electron chi connectivity index (χ1n) is 5.18. The van der Waals surface area contributed by atoms with Gasteiger partial charge < -0.3 is 11.5 Å². The SMILES string of the molecule is CCC(C)N=C(N)C(N)=NC(C)CC.Cl. The summed E-state index contributed by atoms with van der Waals surface area (Å²) in [5.41, 5.74) is 11.4. The normalized spacial score (nSPS) is 16.8. The smallest absolute Gasteiger partial charge is 0.161 e. The average Bonchev–Trinajstić information content (AvgIpc) is 2.17. The van der Waals surface area contributed by atoms with Crippen molar-refractivity contribution in [3.63, 3.8) is 0 Å². The van der Waals surface area contributed by atoms with Gasteiger partial charge in [0, 0.05) is 12.1 Å². The van der Waals surface area contributed by atoms with Gasteiger partial charge in [0.25, 0.3) is 0 Å². The van der Waals surface area contributed by atoms with E-state index in [4.69, 9.17) is 11.5 Å². The number of amidine groups is 2. The molecule has 0 radical (unpaired) electrons. The third-order valence-corrected chi connectivity index (χ3v) is 2.16. The maximum atomic E-state index is 5.69. The Kier molecular flexibility index (Phi) is 9.47. The highest BCUT2D eigenvalue weighted by molar-refractivity contribution is 6.39. The van der Waals surface area contributed by atoms with Crippen LogP contribution in [0.4, 0.5) is 0 Å². The van der Waals surface area contributed by atoms with Gasteiger partial charge in [0.1, 0.15) is 0 Å². The number of aliphatic imine (C=N–C) groups is 2. The number of rotatable bonds is 4. The molecule has 0 aromatic rings. The molecular formula is C10H23ClN4. The minimum absolute atomic E-state index is 0. The fraction of sp³-hybridized carbons (Fsp3) is 0.800. The Balaban J connectivity index is 0. The van der Waals surface area contributed by atoms with Gasteiger partial charge in [0.15, 0.2) is 11.7 Å². The molecule has 0 rings (SSSR count). The second-order valence-corrected chi connectivity index (χ2v) is 3.54. The van der Waals surface area contributed by atoms with Crippen molar-refractivity contribution in [2.45, 2.75) is 52.6 Å². The summed E-state index contributed by atoms with van der Waals surface area (Å²) in [5.74, 6) is 0.722. The third kappa shape index (κ3) is 7.19. The second kappa shape index (κ2) is 8.53. The molecule has 0 fully saturated rings. The third-order valence-electron chi connectivity index (χ3n) is 2.16. The van der Waals surface area contributed by atoms with Crippen molar-refractivity contribution in [3.8, 4) is 0 Å². The first-order valence-corrected chi connectivity index (χ1v) is 5.18. The Hall–Kier alpha value is -0.770. The zero-order chi connectivity index (χ0) is 11.1. The van der Waals surface area contributed by atoms with E-state index in [2.05, 4.69) is 23.8 Å². The lowest BCUT2D eigenvalue weighted by atomic mass is 10.2. The summed E-state index contributed by atoms with van der Waals surface area (Å²) in [7, 11) is 0. The van der Waals surface area contributed by atoms with Crippen LogP contribution in [0.5, 0.6) is 0 Å². The molecule has 0 amide bonds. The Morgan fingerprint density at radius 1 is 0.933 bits per heavy atom. The van der Waals surface area contributed by atoms with E-state index in [1.807, 2.05) is 13.8 Å². The van der Waals surface area contributed by atoms with Gasteiger partial charge in [-0.1, -0.05) is 13.8 Å². The average molecular weight is 235 g/mol. The molecule has 4 nitrogen and oxygen atoms in total. The van der Waals surface area contributed by atoms with Gasteiger partial charge in [0.2, 0.25) is 0 Å². The topological polar surface area (TPSA) is 76.8 Å². The van der Waals surface area contributed by atoms with Crippen LogP contribution in [-0.2, 0) is 0 Å². The van der Waals surface area contributed by atoms with Gasteiger partial charge in [-0.3, -0.25) is 9.98 Å². The number of hydrogen-bond acceptors (Lipinski definition) is 2. The fourth-order valence-corrected chi connectivity index (χ4v) is 0.790. The van der Waals surface area contributed by atoms with Crippen molar-refractivity contribution in [2.75, 3.05) is 0 Å². The molecule has 0 aromatic heterocycles. The highest BCUT2D eigenvalue weighted by Crippen LogP contribution is 1.97. The summed E-state index contributed by atoms with van der Waals surface area (Å²) in [6.45, 7) is 8.12. The Labute approximate surface area is 98.6 Å². The van der Waals surface area contributed by atoms with Gasteiger partial charge in [-0.05, 0) is 26.7 Å². The van der Waals surface area contributed by atoms with Gasteiger partial charge in [0.05, 0.1) is 0 Å². The van der Waals surface area contributed by atoms with E-state index in [9.17, 15) is 0 Å². The maximum Gasteiger partial charge on any atom is 0.161 e. The number of halogens is 1. The molecule has 0 aliphatic rings. The molecule has 0 heterocycles. The van der Waals surface area contributed by atoms with Crippen LogP contribution in [0.15, 0.2) is 9.98 Å². The predicted molar refractivity (Wildman–Crippen MR) is 70.0 cm³/mol. The van der Waals surface area contributed by atoms with Crippen molar-refractivity contribution in [3.05, 3.63) is 0 Å². The minimum atomic E-state index is 0. The molecule has 0 aliphatic heterocycles. The maximum absolute atomic E-state index is 5.69. The molecule has 2 unspecified atom stereocenters. The molecule has 90 valence electrons. The van der Waals surface area contributed by atoms with E-state index in [-0.39, 0.29) is 24.5 Å². The van der Waals surface area contributed by atoms with Crippen molar-refractivity contribution in [2.24, 2.45) is 21.5 Å². The molecular weight excluding hydrogens is 212 g/mol. The van der Waals surface area contributed by atoms with E-state index in [1.54, 1.807) is 0 Å². The standard InChI is InChI=1S/C10H22N4.ClH/c1-5-7(3)13-9(11)10(12)14-8(4)6-2;/h7-8H,5-6H2,1-4H3,(H2,11,13)(H2,12,14);1H. The van der Waals surface area contributed by atoms with Crippen LogP contribution < -0.4 is 11.5 Å². The summed E-state index contributed by atoms with van der Waals surface area (Å²) < 4.78 is 0. The van der Waals surface area contributed by atoms with Crippen molar-refractivity contribution in [1.82, 2.24) is 0 Å². The van der Waals surface area contributed by atoms with Crippen molar-refractivity contribution in [1.29, 1.82) is 0 Å². The molecule has 0 bridgehead atoms. The van der Waals surface area contributed by atoms with Crippen LogP contribution in [-0.4, -0.2) is 23.8 Å². The van der Waals surface area contributed by atoms with E-state index in [0.717, 1.165) is 12.8 Å². The van der Waals surface area contributed by atoms with Gasteiger partial charge in [-0.15, -0.1) is 12.4 Å². The van der Waals surface area contributed by atoms with Crippen LogP contribution in [0.25, 0.3) is 0 Å². The highest BCUT2D eigenvalue weighted by atomic mass is 35.5. The summed E-state index contributed by atoms with van der Waals surface area (Å²) in [5, 5.41) is 0. The molecule has 5 heteroatoms. The number of nitrogens with two attached hydrogens (primary N) is 2. The van der Waals surface area contributed by atoms with Crippen LogP contribution in [0.1, 0.15) is 40.5 Å². The summed E-state index contributed by atoms with van der Waals surface area (Å²) in [4.78, 5) is 8.44. The summed E-state index contributed by atoms with van der Waals surface area (Å²) >= 11 is 0. The molecule has 4 N–H and O–H groups in total. The van der Waals surface area contributed by atoms with Crippen molar-refractivity contribution < 1.29 is 0 Å². The van der Waals surface area contributed by atoms with Gasteiger partial charge >= 0.3 is 0 Å². The fourth-order valence-electron chi connectivity index (χ4n) is 0.790. The lowest BCUT2D eigenvalue weighted by molar-refractivity contribution is 0.711. The van der Waals surface area contributed by atoms with Crippen LogP contribution in [0.2, 0.25) is 0 Å².